The highest BCUT2D eigenvalue weighted by Crippen LogP contribution is 2.16. The predicted octanol–water partition coefficient (Wildman–Crippen LogP) is 0.570. The molecule has 7 heteroatoms. The molecule has 0 amide bonds. The molecule has 0 radical (unpaired) electrons. The van der Waals surface area contributed by atoms with Crippen molar-refractivity contribution in [1.29, 1.82) is 0 Å². The van der Waals surface area contributed by atoms with Gasteiger partial charge in [-0.2, -0.15) is 12.7 Å². The van der Waals surface area contributed by atoms with E-state index in [1.54, 1.807) is 0 Å². The van der Waals surface area contributed by atoms with Crippen molar-refractivity contribution in [2.75, 3.05) is 14.1 Å². The van der Waals surface area contributed by atoms with Crippen LogP contribution in [0.3, 0.4) is 0 Å². The third-order valence-corrected chi connectivity index (χ3v) is 3.03. The lowest BCUT2D eigenvalue weighted by atomic mass is 10.2. The molecule has 1 rings (SSSR count). The SMILES string of the molecule is CN(C)S(=O)(=O)Oc1cccc(C(=O)O)c1. The number of carboxylic acid groups (broad SMARTS) is 1. The number of benzene rings is 1. The van der Waals surface area contributed by atoms with Crippen LogP contribution in [0.15, 0.2) is 24.3 Å². The summed E-state index contributed by atoms with van der Waals surface area (Å²) in [6.45, 7) is 0. The van der Waals surface area contributed by atoms with E-state index in [0.29, 0.717) is 0 Å². The van der Waals surface area contributed by atoms with E-state index in [2.05, 4.69) is 4.18 Å². The molecule has 0 aliphatic heterocycles. The van der Waals surface area contributed by atoms with Crippen LogP contribution in [0.1, 0.15) is 10.4 Å². The summed E-state index contributed by atoms with van der Waals surface area (Å²) in [6.07, 6.45) is 0. The zero-order valence-corrected chi connectivity index (χ0v) is 9.56. The zero-order valence-electron chi connectivity index (χ0n) is 8.75. The van der Waals surface area contributed by atoms with Gasteiger partial charge in [-0.3, -0.25) is 0 Å². The standard InChI is InChI=1S/C9H11NO5S/c1-10(2)16(13,14)15-8-5-3-4-7(6-8)9(11)12/h3-6H,1-2H3,(H,11,12). The summed E-state index contributed by atoms with van der Waals surface area (Å²) in [7, 11) is -1.22. The molecular formula is C9H11NO5S. The van der Waals surface area contributed by atoms with Gasteiger partial charge in [0, 0.05) is 14.1 Å². The van der Waals surface area contributed by atoms with Crippen LogP contribution in [0.2, 0.25) is 0 Å². The molecule has 0 heterocycles. The van der Waals surface area contributed by atoms with Crippen LogP contribution in [0, 0.1) is 0 Å². The smallest absolute Gasteiger partial charge is 0.384 e. The van der Waals surface area contributed by atoms with E-state index in [1.165, 1.54) is 32.3 Å². The first kappa shape index (κ1) is 12.5. The van der Waals surface area contributed by atoms with Gasteiger partial charge in [0.2, 0.25) is 0 Å². The molecule has 1 aromatic carbocycles. The molecule has 0 aliphatic carbocycles. The minimum Gasteiger partial charge on any atom is -0.478 e. The molecule has 0 aliphatic rings. The maximum absolute atomic E-state index is 11.3. The summed E-state index contributed by atoms with van der Waals surface area (Å²) < 4.78 is 28.3. The van der Waals surface area contributed by atoms with E-state index >= 15 is 0 Å². The van der Waals surface area contributed by atoms with Crippen molar-refractivity contribution < 1.29 is 22.5 Å². The molecular weight excluding hydrogens is 234 g/mol. The number of carboxylic acids is 1. The molecule has 0 aromatic heterocycles. The highest BCUT2D eigenvalue weighted by Gasteiger charge is 2.16. The second kappa shape index (κ2) is 4.50. The van der Waals surface area contributed by atoms with E-state index in [4.69, 9.17) is 5.11 Å². The van der Waals surface area contributed by atoms with Crippen molar-refractivity contribution in [2.24, 2.45) is 0 Å². The quantitative estimate of drug-likeness (QED) is 0.838. The summed E-state index contributed by atoms with van der Waals surface area (Å²) in [5, 5.41) is 8.70. The number of aromatic carboxylic acids is 1. The molecule has 0 atom stereocenters. The molecule has 1 N–H and O–H groups in total. The van der Waals surface area contributed by atoms with Crippen LogP contribution >= 0.6 is 0 Å². The summed E-state index contributed by atoms with van der Waals surface area (Å²) in [5.41, 5.74) is -0.0357. The van der Waals surface area contributed by atoms with Crippen LogP contribution < -0.4 is 4.18 Å². The van der Waals surface area contributed by atoms with Gasteiger partial charge in [-0.1, -0.05) is 6.07 Å². The lowest BCUT2D eigenvalue weighted by molar-refractivity contribution is 0.0696. The average molecular weight is 245 g/mol. The molecule has 0 fully saturated rings. The minimum atomic E-state index is -3.85. The van der Waals surface area contributed by atoms with Gasteiger partial charge in [0.15, 0.2) is 0 Å². The van der Waals surface area contributed by atoms with Crippen LogP contribution in [0.25, 0.3) is 0 Å². The van der Waals surface area contributed by atoms with Gasteiger partial charge in [0.05, 0.1) is 5.56 Å². The Labute approximate surface area is 93.3 Å². The van der Waals surface area contributed by atoms with Gasteiger partial charge in [-0.05, 0) is 18.2 Å². The van der Waals surface area contributed by atoms with Gasteiger partial charge in [-0.25, -0.2) is 4.79 Å². The number of carbonyl (C=O) groups is 1. The number of rotatable bonds is 4. The maximum atomic E-state index is 11.3. The van der Waals surface area contributed by atoms with Crippen molar-refractivity contribution in [2.45, 2.75) is 0 Å². The molecule has 0 spiro atoms. The fraction of sp³-hybridized carbons (Fsp3) is 0.222. The van der Waals surface area contributed by atoms with Crippen molar-refractivity contribution in [3.8, 4) is 5.75 Å². The number of nitrogens with zero attached hydrogens (tertiary/aromatic N) is 1. The summed E-state index contributed by atoms with van der Waals surface area (Å²) >= 11 is 0. The second-order valence-corrected chi connectivity index (χ2v) is 4.91. The summed E-state index contributed by atoms with van der Waals surface area (Å²) in [4.78, 5) is 10.6. The van der Waals surface area contributed by atoms with Crippen molar-refractivity contribution in [1.82, 2.24) is 4.31 Å². The highest BCUT2D eigenvalue weighted by molar-refractivity contribution is 7.84. The average Bonchev–Trinajstić information content (AvgIpc) is 2.17. The third kappa shape index (κ3) is 2.94. The molecule has 88 valence electrons. The van der Waals surface area contributed by atoms with E-state index in [1.807, 2.05) is 0 Å². The number of hydrogen-bond donors (Lipinski definition) is 1. The lowest BCUT2D eigenvalue weighted by Gasteiger charge is -2.11. The van der Waals surface area contributed by atoms with Crippen molar-refractivity contribution in [3.05, 3.63) is 29.8 Å². The molecule has 0 bridgehead atoms. The monoisotopic (exact) mass is 245 g/mol. The van der Waals surface area contributed by atoms with Gasteiger partial charge >= 0.3 is 16.3 Å². The van der Waals surface area contributed by atoms with E-state index in [9.17, 15) is 13.2 Å². The Morgan fingerprint density at radius 2 is 2.00 bits per heavy atom. The van der Waals surface area contributed by atoms with Gasteiger partial charge in [-0.15, -0.1) is 0 Å². The third-order valence-electron chi connectivity index (χ3n) is 1.73. The van der Waals surface area contributed by atoms with Crippen molar-refractivity contribution >= 4 is 16.3 Å². The Bertz CT molecular complexity index is 494. The largest absolute Gasteiger partial charge is 0.478 e. The van der Waals surface area contributed by atoms with Crippen LogP contribution in [-0.2, 0) is 10.3 Å². The first-order valence-corrected chi connectivity index (χ1v) is 5.65. The molecule has 1 aromatic rings. The number of hydrogen-bond acceptors (Lipinski definition) is 4. The lowest BCUT2D eigenvalue weighted by Crippen LogP contribution is -2.27. The molecule has 0 saturated heterocycles. The van der Waals surface area contributed by atoms with E-state index in [0.717, 1.165) is 10.4 Å². The van der Waals surface area contributed by atoms with E-state index < -0.39 is 16.3 Å². The summed E-state index contributed by atoms with van der Waals surface area (Å²) in [6, 6.07) is 5.26. The van der Waals surface area contributed by atoms with Gasteiger partial charge in [0.25, 0.3) is 0 Å². The van der Waals surface area contributed by atoms with E-state index in [-0.39, 0.29) is 11.3 Å². The maximum Gasteiger partial charge on any atom is 0.384 e. The summed E-state index contributed by atoms with van der Waals surface area (Å²) in [5.74, 6) is -1.18. The predicted molar refractivity (Wildman–Crippen MR) is 56.6 cm³/mol. The van der Waals surface area contributed by atoms with Gasteiger partial charge < -0.3 is 9.29 Å². The fourth-order valence-electron chi connectivity index (χ4n) is 0.877. The Balaban J connectivity index is 2.99. The fourth-order valence-corrected chi connectivity index (χ4v) is 1.37. The molecule has 16 heavy (non-hydrogen) atoms. The molecule has 0 saturated carbocycles. The molecule has 6 nitrogen and oxygen atoms in total. The topological polar surface area (TPSA) is 83.9 Å². The van der Waals surface area contributed by atoms with Gasteiger partial charge in [0.1, 0.15) is 5.75 Å². The Morgan fingerprint density at radius 3 is 2.50 bits per heavy atom. The normalized spacial score (nSPS) is 11.4. The Morgan fingerprint density at radius 1 is 1.38 bits per heavy atom. The zero-order chi connectivity index (χ0) is 12.3. The first-order chi connectivity index (χ1) is 7.33. The second-order valence-electron chi connectivity index (χ2n) is 3.16. The molecule has 0 unspecified atom stereocenters. The van der Waals surface area contributed by atoms with Crippen LogP contribution in [0.4, 0.5) is 0 Å². The highest BCUT2D eigenvalue weighted by atomic mass is 32.2. The Kier molecular flexibility index (Phi) is 3.51. The minimum absolute atomic E-state index is 0.0337. The Hall–Kier alpha value is -1.60. The van der Waals surface area contributed by atoms with Crippen molar-refractivity contribution in [3.63, 3.8) is 0 Å². The van der Waals surface area contributed by atoms with Crippen LogP contribution in [0.5, 0.6) is 5.75 Å². The van der Waals surface area contributed by atoms with Crippen LogP contribution in [-0.4, -0.2) is 37.9 Å². The first-order valence-electron chi connectivity index (χ1n) is 4.28.